The molecular formula is C14H21ClN2O2. The number of ether oxygens (including phenoxy) is 1. The van der Waals surface area contributed by atoms with Crippen molar-refractivity contribution < 1.29 is 9.53 Å². The number of nitrogens with zero attached hydrogens (tertiary/aromatic N) is 1. The fourth-order valence-corrected chi connectivity index (χ4v) is 2.25. The molecule has 0 aliphatic carbocycles. The van der Waals surface area contributed by atoms with Crippen LogP contribution in [0.25, 0.3) is 0 Å². The van der Waals surface area contributed by atoms with Gasteiger partial charge >= 0.3 is 0 Å². The highest BCUT2D eigenvalue weighted by Crippen LogP contribution is 2.20. The number of aryl methyl sites for hydroxylation is 1. The molecule has 1 fully saturated rings. The van der Waals surface area contributed by atoms with Crippen LogP contribution >= 0.6 is 12.4 Å². The monoisotopic (exact) mass is 284 g/mol. The summed E-state index contributed by atoms with van der Waals surface area (Å²) in [6.07, 6.45) is 0. The minimum absolute atomic E-state index is 0. The van der Waals surface area contributed by atoms with Crippen molar-refractivity contribution in [3.63, 3.8) is 0 Å². The van der Waals surface area contributed by atoms with E-state index in [1.165, 1.54) is 0 Å². The predicted octanol–water partition coefficient (Wildman–Crippen LogP) is 1.86. The van der Waals surface area contributed by atoms with Crippen molar-refractivity contribution in [3.8, 4) is 5.75 Å². The highest BCUT2D eigenvalue weighted by molar-refractivity contribution is 5.94. The molecule has 0 saturated carbocycles. The summed E-state index contributed by atoms with van der Waals surface area (Å²) in [5.74, 6) is 0.852. The van der Waals surface area contributed by atoms with Crippen LogP contribution in [0.2, 0.25) is 0 Å². The molecule has 19 heavy (non-hydrogen) atoms. The van der Waals surface area contributed by atoms with Crippen molar-refractivity contribution in [2.75, 3.05) is 26.7 Å². The number of rotatable bonds is 2. The summed E-state index contributed by atoms with van der Waals surface area (Å²) in [5, 5.41) is 3.33. The molecule has 1 aliphatic rings. The van der Waals surface area contributed by atoms with Gasteiger partial charge in [0.2, 0.25) is 0 Å². The van der Waals surface area contributed by atoms with E-state index in [9.17, 15) is 4.79 Å². The van der Waals surface area contributed by atoms with E-state index in [2.05, 4.69) is 12.2 Å². The number of benzene rings is 1. The molecule has 1 aromatic carbocycles. The number of hydrogen-bond acceptors (Lipinski definition) is 3. The van der Waals surface area contributed by atoms with E-state index in [4.69, 9.17) is 4.74 Å². The van der Waals surface area contributed by atoms with Gasteiger partial charge in [-0.1, -0.05) is 6.07 Å². The van der Waals surface area contributed by atoms with Crippen molar-refractivity contribution >= 4 is 18.3 Å². The maximum atomic E-state index is 12.4. The lowest BCUT2D eigenvalue weighted by Crippen LogP contribution is -2.51. The van der Waals surface area contributed by atoms with E-state index in [1.54, 1.807) is 7.11 Å². The standard InChI is InChI=1S/C14H20N2O2.ClH/c1-10-4-5-12(8-13(10)18-3)14(17)16-7-6-15-11(2)9-16;/h4-5,8,11,15H,6-7,9H2,1-3H3;1H/t11-;/m0./s1. The maximum absolute atomic E-state index is 12.4. The quantitative estimate of drug-likeness (QED) is 0.901. The Kier molecular flexibility index (Phi) is 5.63. The molecule has 106 valence electrons. The zero-order chi connectivity index (χ0) is 13.1. The van der Waals surface area contributed by atoms with Crippen molar-refractivity contribution in [2.24, 2.45) is 0 Å². The summed E-state index contributed by atoms with van der Waals surface area (Å²) in [6, 6.07) is 5.98. The molecule has 1 heterocycles. The summed E-state index contributed by atoms with van der Waals surface area (Å²) >= 11 is 0. The van der Waals surface area contributed by atoms with Gasteiger partial charge in [0, 0.05) is 31.2 Å². The number of carbonyl (C=O) groups excluding carboxylic acids is 1. The van der Waals surface area contributed by atoms with Crippen molar-refractivity contribution in [1.82, 2.24) is 10.2 Å². The number of amides is 1. The Morgan fingerprint density at radius 3 is 2.84 bits per heavy atom. The Morgan fingerprint density at radius 2 is 2.21 bits per heavy atom. The lowest BCUT2D eigenvalue weighted by atomic mass is 10.1. The lowest BCUT2D eigenvalue weighted by molar-refractivity contribution is 0.0708. The molecule has 0 unspecified atom stereocenters. The average Bonchev–Trinajstić information content (AvgIpc) is 2.38. The molecule has 5 heteroatoms. The Bertz CT molecular complexity index is 451. The third-order valence-electron chi connectivity index (χ3n) is 3.31. The number of hydrogen-bond donors (Lipinski definition) is 1. The molecule has 4 nitrogen and oxygen atoms in total. The zero-order valence-electron chi connectivity index (χ0n) is 11.6. The largest absolute Gasteiger partial charge is 0.496 e. The van der Waals surface area contributed by atoms with Crippen LogP contribution in [0.3, 0.4) is 0 Å². The molecule has 1 aromatic rings. The smallest absolute Gasteiger partial charge is 0.254 e. The first-order valence-corrected chi connectivity index (χ1v) is 6.29. The van der Waals surface area contributed by atoms with Crippen LogP contribution in [0, 0.1) is 6.92 Å². The highest BCUT2D eigenvalue weighted by atomic mass is 35.5. The van der Waals surface area contributed by atoms with Gasteiger partial charge in [-0.05, 0) is 31.5 Å². The fourth-order valence-electron chi connectivity index (χ4n) is 2.25. The van der Waals surface area contributed by atoms with Crippen molar-refractivity contribution in [2.45, 2.75) is 19.9 Å². The van der Waals surface area contributed by atoms with Crippen LogP contribution in [-0.2, 0) is 0 Å². The topological polar surface area (TPSA) is 41.6 Å². The van der Waals surface area contributed by atoms with Gasteiger partial charge in [-0.25, -0.2) is 0 Å². The molecule has 1 N–H and O–H groups in total. The second kappa shape index (κ2) is 6.78. The fraction of sp³-hybridized carbons (Fsp3) is 0.500. The van der Waals surface area contributed by atoms with E-state index < -0.39 is 0 Å². The average molecular weight is 285 g/mol. The Hall–Kier alpha value is -1.26. The number of methoxy groups -OCH3 is 1. The van der Waals surface area contributed by atoms with E-state index >= 15 is 0 Å². The van der Waals surface area contributed by atoms with E-state index in [-0.39, 0.29) is 18.3 Å². The normalized spacial score (nSPS) is 18.7. The molecule has 1 amide bonds. The summed E-state index contributed by atoms with van der Waals surface area (Å²) in [6.45, 7) is 6.44. The minimum Gasteiger partial charge on any atom is -0.496 e. The first kappa shape index (κ1) is 15.8. The number of carbonyl (C=O) groups is 1. The maximum Gasteiger partial charge on any atom is 0.254 e. The van der Waals surface area contributed by atoms with Crippen LogP contribution in [-0.4, -0.2) is 43.6 Å². The molecular weight excluding hydrogens is 264 g/mol. The molecule has 1 saturated heterocycles. The van der Waals surface area contributed by atoms with E-state index in [0.29, 0.717) is 11.6 Å². The summed E-state index contributed by atoms with van der Waals surface area (Å²) in [7, 11) is 1.63. The minimum atomic E-state index is 0. The van der Waals surface area contributed by atoms with E-state index in [1.807, 2.05) is 30.0 Å². The third kappa shape index (κ3) is 3.61. The number of nitrogens with one attached hydrogen (secondary N) is 1. The van der Waals surface area contributed by atoms with Gasteiger partial charge in [0.1, 0.15) is 5.75 Å². The lowest BCUT2D eigenvalue weighted by Gasteiger charge is -2.32. The van der Waals surface area contributed by atoms with Crippen molar-refractivity contribution in [1.29, 1.82) is 0 Å². The second-order valence-corrected chi connectivity index (χ2v) is 4.79. The van der Waals surface area contributed by atoms with Gasteiger partial charge in [0.05, 0.1) is 7.11 Å². The third-order valence-corrected chi connectivity index (χ3v) is 3.31. The Labute approximate surface area is 120 Å². The van der Waals surface area contributed by atoms with Gasteiger partial charge in [0.15, 0.2) is 0 Å². The van der Waals surface area contributed by atoms with Crippen LogP contribution < -0.4 is 10.1 Å². The SMILES string of the molecule is COc1cc(C(=O)N2CCN[C@@H](C)C2)ccc1C.Cl. The van der Waals surface area contributed by atoms with Gasteiger partial charge in [-0.15, -0.1) is 12.4 Å². The molecule has 0 radical (unpaired) electrons. The van der Waals surface area contributed by atoms with E-state index in [0.717, 1.165) is 30.9 Å². The number of piperazine rings is 1. The van der Waals surface area contributed by atoms with Crippen LogP contribution in [0.15, 0.2) is 18.2 Å². The molecule has 2 rings (SSSR count). The molecule has 0 aromatic heterocycles. The molecule has 1 atom stereocenters. The molecule has 0 bridgehead atoms. The Morgan fingerprint density at radius 1 is 1.47 bits per heavy atom. The molecule has 0 spiro atoms. The summed E-state index contributed by atoms with van der Waals surface area (Å²) < 4.78 is 5.26. The Balaban J connectivity index is 0.00000180. The first-order chi connectivity index (χ1) is 8.61. The zero-order valence-corrected chi connectivity index (χ0v) is 12.4. The van der Waals surface area contributed by atoms with Crippen LogP contribution in [0.1, 0.15) is 22.8 Å². The van der Waals surface area contributed by atoms with Gasteiger partial charge in [-0.3, -0.25) is 4.79 Å². The predicted molar refractivity (Wildman–Crippen MR) is 78.3 cm³/mol. The van der Waals surface area contributed by atoms with Gasteiger partial charge in [0.25, 0.3) is 5.91 Å². The van der Waals surface area contributed by atoms with Crippen LogP contribution in [0.4, 0.5) is 0 Å². The van der Waals surface area contributed by atoms with Gasteiger partial charge < -0.3 is 15.0 Å². The highest BCUT2D eigenvalue weighted by Gasteiger charge is 2.22. The summed E-state index contributed by atoms with van der Waals surface area (Å²) in [5.41, 5.74) is 1.74. The first-order valence-electron chi connectivity index (χ1n) is 6.29. The van der Waals surface area contributed by atoms with Crippen LogP contribution in [0.5, 0.6) is 5.75 Å². The molecule has 1 aliphatic heterocycles. The summed E-state index contributed by atoms with van der Waals surface area (Å²) in [4.78, 5) is 14.3. The second-order valence-electron chi connectivity index (χ2n) is 4.79. The van der Waals surface area contributed by atoms with Gasteiger partial charge in [-0.2, -0.15) is 0 Å². The number of halogens is 1. The van der Waals surface area contributed by atoms with Crippen molar-refractivity contribution in [3.05, 3.63) is 29.3 Å².